The van der Waals surface area contributed by atoms with E-state index in [-0.39, 0.29) is 5.91 Å². The summed E-state index contributed by atoms with van der Waals surface area (Å²) in [5.41, 5.74) is 1.24. The van der Waals surface area contributed by atoms with E-state index in [1.807, 2.05) is 4.90 Å². The second-order valence-electron chi connectivity index (χ2n) is 5.16. The molecule has 2 aromatic rings. The van der Waals surface area contributed by atoms with E-state index in [0.29, 0.717) is 19.6 Å². The van der Waals surface area contributed by atoms with Gasteiger partial charge in [-0.05, 0) is 23.9 Å². The van der Waals surface area contributed by atoms with Crippen molar-refractivity contribution in [3.63, 3.8) is 0 Å². The summed E-state index contributed by atoms with van der Waals surface area (Å²) in [5.74, 6) is 0.254. The average Bonchev–Trinajstić information content (AvgIpc) is 2.92. The molecule has 1 aromatic carbocycles. The van der Waals surface area contributed by atoms with Crippen molar-refractivity contribution in [3.8, 4) is 0 Å². The van der Waals surface area contributed by atoms with Crippen LogP contribution >= 0.6 is 0 Å². The van der Waals surface area contributed by atoms with E-state index < -0.39 is 0 Å². The lowest BCUT2D eigenvalue weighted by molar-refractivity contribution is -0.135. The Morgan fingerprint density at radius 3 is 2.80 bits per heavy atom. The molecule has 0 atom stereocenters. The number of aryl methyl sites for hydroxylation is 1. The number of rotatable bonds is 4. The summed E-state index contributed by atoms with van der Waals surface area (Å²) < 4.78 is 7.49. The molecule has 0 saturated carbocycles. The minimum atomic E-state index is 0.254. The molecule has 0 N–H and O–H groups in total. The van der Waals surface area contributed by atoms with Crippen molar-refractivity contribution in [1.29, 1.82) is 0 Å². The Morgan fingerprint density at radius 1 is 1.15 bits per heavy atom. The molecule has 0 radical (unpaired) electrons. The Kier molecular flexibility index (Phi) is 4.02. The fourth-order valence-electron chi connectivity index (χ4n) is 2.71. The highest BCUT2D eigenvalue weighted by Gasteiger charge is 2.16. The SMILES string of the molecule is O=C(CCCn1ccc2ccccc21)N1CCOCC1. The summed E-state index contributed by atoms with van der Waals surface area (Å²) in [5, 5.41) is 1.26. The van der Waals surface area contributed by atoms with Gasteiger partial charge in [-0.25, -0.2) is 0 Å². The smallest absolute Gasteiger partial charge is 0.222 e. The van der Waals surface area contributed by atoms with E-state index in [2.05, 4.69) is 41.1 Å². The van der Waals surface area contributed by atoms with Crippen LogP contribution in [0.25, 0.3) is 10.9 Å². The Hall–Kier alpha value is -1.81. The van der Waals surface area contributed by atoms with Gasteiger partial charge in [0, 0.05) is 37.8 Å². The predicted molar refractivity (Wildman–Crippen MR) is 78.6 cm³/mol. The first-order valence-corrected chi connectivity index (χ1v) is 7.24. The summed E-state index contributed by atoms with van der Waals surface area (Å²) in [6.45, 7) is 3.72. The third kappa shape index (κ3) is 2.85. The molecule has 106 valence electrons. The number of nitrogens with zero attached hydrogens (tertiary/aromatic N) is 2. The third-order valence-corrected chi connectivity index (χ3v) is 3.83. The number of hydrogen-bond donors (Lipinski definition) is 0. The molecule has 1 amide bonds. The van der Waals surface area contributed by atoms with Gasteiger partial charge in [0.25, 0.3) is 0 Å². The normalized spacial score (nSPS) is 15.7. The lowest BCUT2D eigenvalue weighted by Crippen LogP contribution is -2.40. The van der Waals surface area contributed by atoms with E-state index in [4.69, 9.17) is 4.74 Å². The Morgan fingerprint density at radius 2 is 1.95 bits per heavy atom. The molecule has 0 bridgehead atoms. The van der Waals surface area contributed by atoms with Crippen LogP contribution in [0, 0.1) is 0 Å². The third-order valence-electron chi connectivity index (χ3n) is 3.83. The Labute approximate surface area is 118 Å². The van der Waals surface area contributed by atoms with Crippen molar-refractivity contribution in [2.45, 2.75) is 19.4 Å². The lowest BCUT2D eigenvalue weighted by Gasteiger charge is -2.26. The lowest BCUT2D eigenvalue weighted by atomic mass is 10.2. The molecule has 1 aromatic heterocycles. The van der Waals surface area contributed by atoms with Gasteiger partial charge < -0.3 is 14.2 Å². The molecule has 4 nitrogen and oxygen atoms in total. The van der Waals surface area contributed by atoms with Crippen LogP contribution in [-0.2, 0) is 16.1 Å². The molecular weight excluding hydrogens is 252 g/mol. The highest BCUT2D eigenvalue weighted by atomic mass is 16.5. The Balaban J connectivity index is 1.53. The second kappa shape index (κ2) is 6.09. The first-order valence-electron chi connectivity index (χ1n) is 7.24. The number of amides is 1. The van der Waals surface area contributed by atoms with Gasteiger partial charge in [0.15, 0.2) is 0 Å². The minimum absolute atomic E-state index is 0.254. The van der Waals surface area contributed by atoms with Gasteiger partial charge in [-0.15, -0.1) is 0 Å². The van der Waals surface area contributed by atoms with E-state index in [9.17, 15) is 4.79 Å². The number of aromatic nitrogens is 1. The summed E-state index contributed by atoms with van der Waals surface area (Å²) in [4.78, 5) is 14.0. The van der Waals surface area contributed by atoms with Gasteiger partial charge in [0.1, 0.15) is 0 Å². The largest absolute Gasteiger partial charge is 0.378 e. The number of fused-ring (bicyclic) bond motifs is 1. The molecule has 4 heteroatoms. The van der Waals surface area contributed by atoms with Gasteiger partial charge in [-0.3, -0.25) is 4.79 Å². The van der Waals surface area contributed by atoms with Gasteiger partial charge in [0.2, 0.25) is 5.91 Å². The molecule has 1 aliphatic rings. The summed E-state index contributed by atoms with van der Waals surface area (Å²) in [6.07, 6.45) is 3.60. The van der Waals surface area contributed by atoms with Crippen molar-refractivity contribution in [2.24, 2.45) is 0 Å². The second-order valence-corrected chi connectivity index (χ2v) is 5.16. The first kappa shape index (κ1) is 13.2. The molecule has 0 aliphatic carbocycles. The summed E-state index contributed by atoms with van der Waals surface area (Å²) in [7, 11) is 0. The van der Waals surface area contributed by atoms with Crippen LogP contribution in [0.1, 0.15) is 12.8 Å². The summed E-state index contributed by atoms with van der Waals surface area (Å²) >= 11 is 0. The quantitative estimate of drug-likeness (QED) is 0.855. The molecule has 20 heavy (non-hydrogen) atoms. The number of carbonyl (C=O) groups excluding carboxylic acids is 1. The first-order chi connectivity index (χ1) is 9.84. The van der Waals surface area contributed by atoms with Crippen molar-refractivity contribution in [3.05, 3.63) is 36.5 Å². The van der Waals surface area contributed by atoms with E-state index in [1.54, 1.807) is 0 Å². The molecular formula is C16H20N2O2. The van der Waals surface area contributed by atoms with E-state index in [0.717, 1.165) is 26.1 Å². The molecule has 1 fully saturated rings. The van der Waals surface area contributed by atoms with E-state index >= 15 is 0 Å². The molecule has 0 spiro atoms. The molecule has 3 rings (SSSR count). The van der Waals surface area contributed by atoms with Crippen LogP contribution in [0.15, 0.2) is 36.5 Å². The maximum Gasteiger partial charge on any atom is 0.222 e. The van der Waals surface area contributed by atoms with Crippen molar-refractivity contribution < 1.29 is 9.53 Å². The van der Waals surface area contributed by atoms with Crippen LogP contribution in [0.5, 0.6) is 0 Å². The van der Waals surface area contributed by atoms with E-state index in [1.165, 1.54) is 10.9 Å². The standard InChI is InChI=1S/C16H20N2O2/c19-16(18-10-12-20-13-11-18)6-3-8-17-9-7-14-4-1-2-5-15(14)17/h1-2,4-5,7,9H,3,6,8,10-13H2. The minimum Gasteiger partial charge on any atom is -0.378 e. The summed E-state index contributed by atoms with van der Waals surface area (Å²) in [6, 6.07) is 10.5. The van der Waals surface area contributed by atoms with Crippen molar-refractivity contribution in [2.75, 3.05) is 26.3 Å². The maximum absolute atomic E-state index is 12.1. The van der Waals surface area contributed by atoms with Gasteiger partial charge in [-0.1, -0.05) is 18.2 Å². The zero-order chi connectivity index (χ0) is 13.8. The number of carbonyl (C=O) groups is 1. The number of benzene rings is 1. The zero-order valence-electron chi connectivity index (χ0n) is 11.6. The van der Waals surface area contributed by atoms with Crippen LogP contribution in [0.2, 0.25) is 0 Å². The number of para-hydroxylation sites is 1. The fraction of sp³-hybridized carbons (Fsp3) is 0.438. The van der Waals surface area contributed by atoms with Gasteiger partial charge >= 0.3 is 0 Å². The number of morpholine rings is 1. The fourth-order valence-corrected chi connectivity index (χ4v) is 2.71. The molecule has 1 saturated heterocycles. The highest BCUT2D eigenvalue weighted by molar-refractivity contribution is 5.80. The zero-order valence-corrected chi connectivity index (χ0v) is 11.6. The Bertz CT molecular complexity index is 585. The van der Waals surface area contributed by atoms with Crippen molar-refractivity contribution in [1.82, 2.24) is 9.47 Å². The predicted octanol–water partition coefficient (Wildman–Crippen LogP) is 2.28. The molecule has 2 heterocycles. The number of ether oxygens (including phenoxy) is 1. The topological polar surface area (TPSA) is 34.5 Å². The highest BCUT2D eigenvalue weighted by Crippen LogP contribution is 2.16. The van der Waals surface area contributed by atoms with Crippen molar-refractivity contribution >= 4 is 16.8 Å². The molecule has 0 unspecified atom stereocenters. The van der Waals surface area contributed by atoms with Crippen LogP contribution in [0.4, 0.5) is 0 Å². The van der Waals surface area contributed by atoms with Crippen LogP contribution in [0.3, 0.4) is 0 Å². The molecule has 1 aliphatic heterocycles. The monoisotopic (exact) mass is 272 g/mol. The average molecular weight is 272 g/mol. The maximum atomic E-state index is 12.1. The number of hydrogen-bond acceptors (Lipinski definition) is 2. The van der Waals surface area contributed by atoms with Crippen LogP contribution in [-0.4, -0.2) is 41.7 Å². The van der Waals surface area contributed by atoms with Crippen LogP contribution < -0.4 is 0 Å². The van der Waals surface area contributed by atoms with Gasteiger partial charge in [-0.2, -0.15) is 0 Å². The van der Waals surface area contributed by atoms with Gasteiger partial charge in [0.05, 0.1) is 13.2 Å².